The zero-order chi connectivity index (χ0) is 11.1. The minimum absolute atomic E-state index is 0.193. The second-order valence-electron chi connectivity index (χ2n) is 4.03. The molecule has 1 fully saturated rings. The molecule has 0 aromatic rings. The molecule has 1 atom stereocenters. The zero-order valence-electron chi connectivity index (χ0n) is 9.79. The maximum absolute atomic E-state index is 11.5. The van der Waals surface area contributed by atoms with Crippen LogP contribution < -0.4 is 5.32 Å². The van der Waals surface area contributed by atoms with Crippen LogP contribution in [0.3, 0.4) is 0 Å². The summed E-state index contributed by atoms with van der Waals surface area (Å²) in [4.78, 5) is 13.2. The average molecular weight is 230 g/mol. The van der Waals surface area contributed by atoms with E-state index < -0.39 is 0 Å². The number of nitrogens with zero attached hydrogens (tertiary/aromatic N) is 1. The molecule has 0 saturated carbocycles. The van der Waals surface area contributed by atoms with Crippen LogP contribution in [0, 0.1) is 0 Å². The van der Waals surface area contributed by atoms with Gasteiger partial charge in [0.15, 0.2) is 0 Å². The molecule has 1 N–H and O–H groups in total. The third-order valence-corrected chi connectivity index (χ3v) is 4.22. The van der Waals surface area contributed by atoms with E-state index in [4.69, 9.17) is 0 Å². The molecule has 0 spiro atoms. The fourth-order valence-electron chi connectivity index (χ4n) is 1.62. The van der Waals surface area contributed by atoms with Gasteiger partial charge in [-0.05, 0) is 25.5 Å². The Morgan fingerprint density at radius 3 is 2.93 bits per heavy atom. The van der Waals surface area contributed by atoms with Crippen molar-refractivity contribution in [3.05, 3.63) is 0 Å². The van der Waals surface area contributed by atoms with Crippen molar-refractivity contribution in [2.45, 2.75) is 31.4 Å². The first kappa shape index (κ1) is 12.8. The SMILES string of the molecule is CCN(C)C(=O)CNCC1CCCCS1. The largest absolute Gasteiger partial charge is 0.345 e. The molecule has 1 aliphatic rings. The van der Waals surface area contributed by atoms with E-state index in [1.165, 1.54) is 25.0 Å². The molecule has 0 aliphatic carbocycles. The summed E-state index contributed by atoms with van der Waals surface area (Å²) in [6.07, 6.45) is 4.01. The second-order valence-corrected chi connectivity index (χ2v) is 5.44. The highest BCUT2D eigenvalue weighted by molar-refractivity contribution is 7.99. The van der Waals surface area contributed by atoms with Gasteiger partial charge in [0.05, 0.1) is 6.54 Å². The highest BCUT2D eigenvalue weighted by Gasteiger charge is 2.14. The molecule has 0 bridgehead atoms. The highest BCUT2D eigenvalue weighted by Crippen LogP contribution is 2.24. The summed E-state index contributed by atoms with van der Waals surface area (Å²) in [5.74, 6) is 1.48. The van der Waals surface area contributed by atoms with E-state index in [9.17, 15) is 4.79 Å². The third-order valence-electron chi connectivity index (χ3n) is 2.82. The smallest absolute Gasteiger partial charge is 0.236 e. The van der Waals surface area contributed by atoms with E-state index in [0.717, 1.165) is 18.3 Å². The van der Waals surface area contributed by atoms with E-state index >= 15 is 0 Å². The molecule has 1 unspecified atom stereocenters. The summed E-state index contributed by atoms with van der Waals surface area (Å²) < 4.78 is 0. The number of nitrogens with one attached hydrogen (secondary N) is 1. The van der Waals surface area contributed by atoms with Gasteiger partial charge in [0.1, 0.15) is 0 Å². The fraction of sp³-hybridized carbons (Fsp3) is 0.909. The number of amides is 1. The molecule has 1 aliphatic heterocycles. The van der Waals surface area contributed by atoms with Gasteiger partial charge in [-0.15, -0.1) is 0 Å². The number of hydrogen-bond donors (Lipinski definition) is 1. The Kier molecular flexibility index (Phi) is 6.10. The lowest BCUT2D eigenvalue weighted by atomic mass is 10.2. The Labute approximate surface area is 97.0 Å². The first-order valence-electron chi connectivity index (χ1n) is 5.80. The number of hydrogen-bond acceptors (Lipinski definition) is 3. The Morgan fingerprint density at radius 1 is 1.53 bits per heavy atom. The average Bonchev–Trinajstić information content (AvgIpc) is 2.29. The lowest BCUT2D eigenvalue weighted by Gasteiger charge is -2.22. The van der Waals surface area contributed by atoms with Crippen LogP contribution in [0.2, 0.25) is 0 Å². The molecule has 4 heteroatoms. The standard InChI is InChI=1S/C11H22N2OS/c1-3-13(2)11(14)9-12-8-10-6-4-5-7-15-10/h10,12H,3-9H2,1-2H3. The Balaban J connectivity index is 2.07. The highest BCUT2D eigenvalue weighted by atomic mass is 32.2. The summed E-state index contributed by atoms with van der Waals surface area (Å²) in [5, 5.41) is 3.98. The van der Waals surface area contributed by atoms with Crippen LogP contribution in [0.4, 0.5) is 0 Å². The van der Waals surface area contributed by atoms with Gasteiger partial charge < -0.3 is 10.2 Å². The van der Waals surface area contributed by atoms with Crippen molar-refractivity contribution in [1.82, 2.24) is 10.2 Å². The number of carbonyl (C=O) groups is 1. The fourth-order valence-corrected chi connectivity index (χ4v) is 2.89. The topological polar surface area (TPSA) is 32.3 Å². The maximum Gasteiger partial charge on any atom is 0.236 e. The molecule has 0 aromatic carbocycles. The van der Waals surface area contributed by atoms with E-state index in [2.05, 4.69) is 5.32 Å². The number of rotatable bonds is 5. The van der Waals surface area contributed by atoms with E-state index in [1.807, 2.05) is 25.7 Å². The quantitative estimate of drug-likeness (QED) is 0.773. The van der Waals surface area contributed by atoms with Crippen LogP contribution in [0.25, 0.3) is 0 Å². The number of carbonyl (C=O) groups excluding carboxylic acids is 1. The lowest BCUT2D eigenvalue weighted by molar-refractivity contribution is -0.128. The van der Waals surface area contributed by atoms with Gasteiger partial charge in [0.2, 0.25) is 5.91 Å². The molecular formula is C11H22N2OS. The molecule has 1 heterocycles. The molecule has 0 radical (unpaired) electrons. The van der Waals surface area contributed by atoms with E-state index in [0.29, 0.717) is 6.54 Å². The van der Waals surface area contributed by atoms with Gasteiger partial charge in [0, 0.05) is 25.4 Å². The van der Waals surface area contributed by atoms with Gasteiger partial charge in [-0.3, -0.25) is 4.79 Å². The van der Waals surface area contributed by atoms with E-state index in [-0.39, 0.29) is 5.91 Å². The Morgan fingerprint density at radius 2 is 2.33 bits per heavy atom. The predicted molar refractivity (Wildman–Crippen MR) is 66.3 cm³/mol. The van der Waals surface area contributed by atoms with Gasteiger partial charge in [-0.1, -0.05) is 6.42 Å². The Bertz CT molecular complexity index is 193. The van der Waals surface area contributed by atoms with Crippen LogP contribution in [0.1, 0.15) is 26.2 Å². The first-order valence-corrected chi connectivity index (χ1v) is 6.85. The number of thioether (sulfide) groups is 1. The van der Waals surface area contributed by atoms with Crippen LogP contribution in [-0.4, -0.2) is 48.5 Å². The summed E-state index contributed by atoms with van der Waals surface area (Å²) in [6, 6.07) is 0. The summed E-state index contributed by atoms with van der Waals surface area (Å²) >= 11 is 2.04. The van der Waals surface area contributed by atoms with Crippen molar-refractivity contribution < 1.29 is 4.79 Å². The molecular weight excluding hydrogens is 208 g/mol. The normalized spacial score (nSPS) is 21.3. The zero-order valence-corrected chi connectivity index (χ0v) is 10.6. The maximum atomic E-state index is 11.5. The first-order chi connectivity index (χ1) is 7.24. The Hall–Kier alpha value is -0.220. The van der Waals surface area contributed by atoms with Crippen LogP contribution >= 0.6 is 11.8 Å². The minimum Gasteiger partial charge on any atom is -0.345 e. The van der Waals surface area contributed by atoms with Crippen molar-refractivity contribution in [2.75, 3.05) is 32.4 Å². The summed E-state index contributed by atoms with van der Waals surface area (Å²) in [5.41, 5.74) is 0. The van der Waals surface area contributed by atoms with Gasteiger partial charge in [-0.2, -0.15) is 11.8 Å². The number of likely N-dealkylation sites (N-methyl/N-ethyl adjacent to an activating group) is 1. The molecule has 1 saturated heterocycles. The van der Waals surface area contributed by atoms with Gasteiger partial charge in [0.25, 0.3) is 0 Å². The molecule has 88 valence electrons. The van der Waals surface area contributed by atoms with Crippen molar-refractivity contribution in [3.8, 4) is 0 Å². The molecule has 15 heavy (non-hydrogen) atoms. The molecule has 3 nitrogen and oxygen atoms in total. The van der Waals surface area contributed by atoms with Crippen LogP contribution in [0.5, 0.6) is 0 Å². The molecule has 1 amide bonds. The predicted octanol–water partition coefficient (Wildman–Crippen LogP) is 1.34. The van der Waals surface area contributed by atoms with Crippen molar-refractivity contribution >= 4 is 17.7 Å². The summed E-state index contributed by atoms with van der Waals surface area (Å²) in [7, 11) is 1.85. The van der Waals surface area contributed by atoms with Crippen LogP contribution in [0.15, 0.2) is 0 Å². The molecule has 1 rings (SSSR count). The monoisotopic (exact) mass is 230 g/mol. The van der Waals surface area contributed by atoms with Gasteiger partial charge >= 0.3 is 0 Å². The minimum atomic E-state index is 0.193. The van der Waals surface area contributed by atoms with Crippen LogP contribution in [-0.2, 0) is 4.79 Å². The van der Waals surface area contributed by atoms with Crippen molar-refractivity contribution in [3.63, 3.8) is 0 Å². The summed E-state index contributed by atoms with van der Waals surface area (Å²) in [6.45, 7) is 4.25. The van der Waals surface area contributed by atoms with Gasteiger partial charge in [-0.25, -0.2) is 0 Å². The second kappa shape index (κ2) is 7.12. The van der Waals surface area contributed by atoms with E-state index in [1.54, 1.807) is 4.90 Å². The van der Waals surface area contributed by atoms with Crippen molar-refractivity contribution in [2.24, 2.45) is 0 Å². The molecule has 0 aromatic heterocycles. The van der Waals surface area contributed by atoms with Crippen molar-refractivity contribution in [1.29, 1.82) is 0 Å². The lowest BCUT2D eigenvalue weighted by Crippen LogP contribution is -2.38. The third kappa shape index (κ3) is 4.89.